The Bertz CT molecular complexity index is 746. The van der Waals surface area contributed by atoms with Crippen molar-refractivity contribution in [2.45, 2.75) is 61.0 Å². The standard InChI is InChI=1S/C22H32N2O2/c1-8-10-24(9-2)19-13-17(6)23-22(20(19)18(7)25)26-21-15(4)11-14(3)12-16(21)5/h11-13,18,25H,8-10H2,1-7H3. The fourth-order valence-corrected chi connectivity index (χ4v) is 3.51. The van der Waals surface area contributed by atoms with Crippen molar-refractivity contribution in [3.63, 3.8) is 0 Å². The zero-order chi connectivity index (χ0) is 19.4. The number of nitrogens with zero attached hydrogens (tertiary/aromatic N) is 2. The third kappa shape index (κ3) is 4.36. The lowest BCUT2D eigenvalue weighted by Crippen LogP contribution is -2.25. The van der Waals surface area contributed by atoms with E-state index in [1.165, 1.54) is 5.56 Å². The molecule has 2 rings (SSSR count). The summed E-state index contributed by atoms with van der Waals surface area (Å²) in [5.74, 6) is 1.32. The molecule has 1 aromatic heterocycles. The lowest BCUT2D eigenvalue weighted by atomic mass is 10.1. The molecule has 0 bridgehead atoms. The Labute approximate surface area is 157 Å². The maximum atomic E-state index is 10.5. The van der Waals surface area contributed by atoms with Gasteiger partial charge in [-0.25, -0.2) is 4.98 Å². The van der Waals surface area contributed by atoms with Crippen molar-refractivity contribution >= 4 is 5.69 Å². The summed E-state index contributed by atoms with van der Waals surface area (Å²) in [4.78, 5) is 6.90. The number of aliphatic hydroxyl groups excluding tert-OH is 1. The molecule has 1 unspecified atom stereocenters. The molecule has 4 nitrogen and oxygen atoms in total. The topological polar surface area (TPSA) is 45.6 Å². The second-order valence-electron chi connectivity index (χ2n) is 7.09. The highest BCUT2D eigenvalue weighted by molar-refractivity contribution is 5.60. The van der Waals surface area contributed by atoms with Crippen molar-refractivity contribution in [3.8, 4) is 11.6 Å². The fraction of sp³-hybridized carbons (Fsp3) is 0.500. The van der Waals surface area contributed by atoms with E-state index < -0.39 is 6.10 Å². The summed E-state index contributed by atoms with van der Waals surface area (Å²) in [5, 5.41) is 10.5. The van der Waals surface area contributed by atoms with Crippen LogP contribution in [0.4, 0.5) is 5.69 Å². The van der Waals surface area contributed by atoms with Gasteiger partial charge in [-0.15, -0.1) is 0 Å². The number of rotatable bonds is 7. The predicted molar refractivity (Wildman–Crippen MR) is 109 cm³/mol. The summed E-state index contributed by atoms with van der Waals surface area (Å²) in [6.45, 7) is 16.0. The Morgan fingerprint density at radius 1 is 1.08 bits per heavy atom. The Morgan fingerprint density at radius 2 is 1.69 bits per heavy atom. The smallest absolute Gasteiger partial charge is 0.227 e. The Hall–Kier alpha value is -2.07. The number of hydrogen-bond acceptors (Lipinski definition) is 4. The van der Waals surface area contributed by atoms with Gasteiger partial charge in [0.2, 0.25) is 5.88 Å². The third-order valence-electron chi connectivity index (χ3n) is 4.57. The highest BCUT2D eigenvalue weighted by atomic mass is 16.5. The van der Waals surface area contributed by atoms with Crippen molar-refractivity contribution in [2.24, 2.45) is 0 Å². The quantitative estimate of drug-likeness (QED) is 0.722. The van der Waals surface area contributed by atoms with Crippen molar-refractivity contribution in [3.05, 3.63) is 46.1 Å². The molecule has 4 heteroatoms. The van der Waals surface area contributed by atoms with E-state index in [1.54, 1.807) is 6.92 Å². The minimum absolute atomic E-state index is 0.500. The van der Waals surface area contributed by atoms with Crippen LogP contribution >= 0.6 is 0 Å². The first-order valence-corrected chi connectivity index (χ1v) is 9.48. The predicted octanol–water partition coefficient (Wildman–Crippen LogP) is 5.40. The summed E-state index contributed by atoms with van der Waals surface area (Å²) in [6.07, 6.45) is 0.381. The first-order chi connectivity index (χ1) is 12.3. The summed E-state index contributed by atoms with van der Waals surface area (Å²) in [5.41, 5.74) is 6.01. The van der Waals surface area contributed by atoms with Crippen LogP contribution in [0, 0.1) is 27.7 Å². The van der Waals surface area contributed by atoms with Gasteiger partial charge in [0.1, 0.15) is 5.75 Å². The third-order valence-corrected chi connectivity index (χ3v) is 4.57. The van der Waals surface area contributed by atoms with Gasteiger partial charge in [0.25, 0.3) is 0 Å². The molecule has 0 amide bonds. The highest BCUT2D eigenvalue weighted by Crippen LogP contribution is 2.38. The van der Waals surface area contributed by atoms with E-state index in [2.05, 4.69) is 42.8 Å². The molecule has 0 spiro atoms. The van der Waals surface area contributed by atoms with Gasteiger partial charge >= 0.3 is 0 Å². The SMILES string of the molecule is CCCN(CC)c1cc(C)nc(Oc2c(C)cc(C)cc2C)c1C(C)O. The molecule has 1 aromatic carbocycles. The van der Waals surface area contributed by atoms with Crippen LogP contribution in [0.1, 0.15) is 61.2 Å². The molecule has 1 N–H and O–H groups in total. The Balaban J connectivity index is 2.60. The average molecular weight is 357 g/mol. The van der Waals surface area contributed by atoms with Gasteiger partial charge in [-0.05, 0) is 65.2 Å². The van der Waals surface area contributed by atoms with Gasteiger partial charge in [-0.2, -0.15) is 0 Å². The second kappa shape index (κ2) is 8.54. The fourth-order valence-electron chi connectivity index (χ4n) is 3.51. The number of ether oxygens (including phenoxy) is 1. The number of aliphatic hydroxyl groups is 1. The van der Waals surface area contributed by atoms with Crippen LogP contribution < -0.4 is 9.64 Å². The Kier molecular flexibility index (Phi) is 6.65. The first kappa shape index (κ1) is 20.2. The number of aromatic nitrogens is 1. The monoisotopic (exact) mass is 356 g/mol. The largest absolute Gasteiger partial charge is 0.438 e. The number of hydrogen-bond donors (Lipinski definition) is 1. The molecule has 2 aromatic rings. The number of pyridine rings is 1. The molecule has 1 heterocycles. The maximum absolute atomic E-state index is 10.5. The molecule has 26 heavy (non-hydrogen) atoms. The van der Waals surface area contributed by atoms with Gasteiger partial charge in [0, 0.05) is 24.5 Å². The van der Waals surface area contributed by atoms with Crippen LogP contribution in [0.15, 0.2) is 18.2 Å². The lowest BCUT2D eigenvalue weighted by Gasteiger charge is -2.28. The van der Waals surface area contributed by atoms with Crippen LogP contribution in [-0.2, 0) is 0 Å². The zero-order valence-electron chi connectivity index (χ0n) is 17.2. The van der Waals surface area contributed by atoms with Crippen molar-refractivity contribution < 1.29 is 9.84 Å². The maximum Gasteiger partial charge on any atom is 0.227 e. The van der Waals surface area contributed by atoms with Gasteiger partial charge in [0.15, 0.2) is 0 Å². The molecule has 0 radical (unpaired) electrons. The van der Waals surface area contributed by atoms with Crippen molar-refractivity contribution in [2.75, 3.05) is 18.0 Å². The number of aryl methyl sites for hydroxylation is 4. The molecule has 0 aliphatic carbocycles. The summed E-state index contributed by atoms with van der Waals surface area (Å²) < 4.78 is 6.28. The van der Waals surface area contributed by atoms with E-state index in [9.17, 15) is 5.11 Å². The van der Waals surface area contributed by atoms with E-state index >= 15 is 0 Å². The minimum atomic E-state index is -0.662. The van der Waals surface area contributed by atoms with Gasteiger partial charge in [0.05, 0.1) is 11.7 Å². The van der Waals surface area contributed by atoms with E-state index in [4.69, 9.17) is 4.74 Å². The Morgan fingerprint density at radius 3 is 2.19 bits per heavy atom. The van der Waals surface area contributed by atoms with E-state index in [0.29, 0.717) is 5.88 Å². The molecular weight excluding hydrogens is 324 g/mol. The minimum Gasteiger partial charge on any atom is -0.438 e. The van der Waals surface area contributed by atoms with Crippen LogP contribution in [0.5, 0.6) is 11.6 Å². The van der Waals surface area contributed by atoms with Crippen molar-refractivity contribution in [1.29, 1.82) is 0 Å². The van der Waals surface area contributed by atoms with Crippen LogP contribution in [0.3, 0.4) is 0 Å². The number of benzene rings is 1. The molecule has 0 fully saturated rings. The molecule has 142 valence electrons. The summed E-state index contributed by atoms with van der Waals surface area (Å²) >= 11 is 0. The molecule has 1 atom stereocenters. The molecule has 0 saturated carbocycles. The van der Waals surface area contributed by atoms with Gasteiger partial charge in [-0.3, -0.25) is 0 Å². The lowest BCUT2D eigenvalue weighted by molar-refractivity contribution is 0.195. The van der Waals surface area contributed by atoms with E-state index in [1.807, 2.05) is 26.8 Å². The van der Waals surface area contributed by atoms with Crippen LogP contribution in [0.25, 0.3) is 0 Å². The highest BCUT2D eigenvalue weighted by Gasteiger charge is 2.22. The van der Waals surface area contributed by atoms with Crippen molar-refractivity contribution in [1.82, 2.24) is 4.98 Å². The molecule has 0 aliphatic heterocycles. The van der Waals surface area contributed by atoms with Crippen LogP contribution in [-0.4, -0.2) is 23.2 Å². The zero-order valence-corrected chi connectivity index (χ0v) is 17.2. The first-order valence-electron chi connectivity index (χ1n) is 9.48. The molecular formula is C22H32N2O2. The summed E-state index contributed by atoms with van der Waals surface area (Å²) in [7, 11) is 0. The molecule has 0 aliphatic rings. The van der Waals surface area contributed by atoms with E-state index in [-0.39, 0.29) is 0 Å². The average Bonchev–Trinajstić information content (AvgIpc) is 2.54. The second-order valence-corrected chi connectivity index (χ2v) is 7.09. The van der Waals surface area contributed by atoms with Gasteiger partial charge < -0.3 is 14.7 Å². The van der Waals surface area contributed by atoms with E-state index in [0.717, 1.165) is 53.3 Å². The van der Waals surface area contributed by atoms with Gasteiger partial charge in [-0.1, -0.05) is 24.6 Å². The molecule has 0 saturated heterocycles. The van der Waals surface area contributed by atoms with Crippen LogP contribution in [0.2, 0.25) is 0 Å². The summed E-state index contributed by atoms with van der Waals surface area (Å²) in [6, 6.07) is 6.26. The number of anilines is 1. The normalized spacial score (nSPS) is 12.2.